The van der Waals surface area contributed by atoms with Crippen LogP contribution in [0.4, 0.5) is 0 Å². The number of hydrogen-bond acceptors (Lipinski definition) is 3. The smallest absolute Gasteiger partial charge is 0.219 e. The van der Waals surface area contributed by atoms with E-state index < -0.39 is 5.78 Å². The van der Waals surface area contributed by atoms with Crippen molar-refractivity contribution in [2.24, 2.45) is 28.6 Å². The van der Waals surface area contributed by atoms with Gasteiger partial charge in [-0.1, -0.05) is 45.1 Å². The molecule has 4 aliphatic carbocycles. The van der Waals surface area contributed by atoms with E-state index in [0.717, 1.165) is 43.8 Å². The third-order valence-electron chi connectivity index (χ3n) is 8.89. The van der Waals surface area contributed by atoms with E-state index in [4.69, 9.17) is 0 Å². The molecule has 5 atom stereocenters. The molecule has 160 valence electrons. The van der Waals surface area contributed by atoms with Crippen LogP contribution in [0.3, 0.4) is 0 Å². The van der Waals surface area contributed by atoms with E-state index in [1.807, 2.05) is 6.92 Å². The number of Topliss-reactive ketones (excluding diaryl/α,β-unsaturated/α-hetero) is 1. The Labute approximate surface area is 180 Å². The molecule has 3 nitrogen and oxygen atoms in total. The molecule has 1 N–H and O–H groups in total. The van der Waals surface area contributed by atoms with Crippen LogP contribution in [0.25, 0.3) is 0 Å². The van der Waals surface area contributed by atoms with Gasteiger partial charge >= 0.3 is 0 Å². The Morgan fingerprint density at radius 2 is 1.97 bits per heavy atom. The first-order chi connectivity index (χ1) is 14.0. The molecular weight excluding hydrogens is 372 g/mol. The SMILES string of the molecule is C=CC(=O)/C(O)=C(/C)C1=CC=C2C(=C(C)C3C4CC(C)C(=O)CC4(C)CCC23C)C1. The van der Waals surface area contributed by atoms with E-state index in [2.05, 4.69) is 46.4 Å². The highest BCUT2D eigenvalue weighted by atomic mass is 16.3. The van der Waals surface area contributed by atoms with Crippen molar-refractivity contribution in [1.82, 2.24) is 0 Å². The first kappa shape index (κ1) is 21.1. The summed E-state index contributed by atoms with van der Waals surface area (Å²) in [6, 6.07) is 0. The zero-order valence-corrected chi connectivity index (χ0v) is 19.0. The van der Waals surface area contributed by atoms with Gasteiger partial charge in [0.25, 0.3) is 0 Å². The lowest BCUT2D eigenvalue weighted by Gasteiger charge is -2.56. The van der Waals surface area contributed by atoms with Gasteiger partial charge in [-0.05, 0) is 90.6 Å². The van der Waals surface area contributed by atoms with Crippen LogP contribution in [-0.4, -0.2) is 16.7 Å². The molecule has 2 saturated carbocycles. The van der Waals surface area contributed by atoms with Gasteiger partial charge in [0.15, 0.2) is 5.76 Å². The zero-order chi connectivity index (χ0) is 22.0. The fourth-order valence-electron chi connectivity index (χ4n) is 6.93. The minimum Gasteiger partial charge on any atom is -0.504 e. The summed E-state index contributed by atoms with van der Waals surface area (Å²) in [5.74, 6) is 0.940. The monoisotopic (exact) mass is 406 g/mol. The second kappa shape index (κ2) is 6.93. The van der Waals surface area contributed by atoms with Crippen molar-refractivity contribution in [3.8, 4) is 0 Å². The Kier molecular flexibility index (Phi) is 4.87. The van der Waals surface area contributed by atoms with E-state index in [-0.39, 0.29) is 22.5 Å². The molecule has 0 heterocycles. The lowest BCUT2D eigenvalue weighted by Crippen LogP contribution is -2.50. The predicted octanol–water partition coefficient (Wildman–Crippen LogP) is 6.20. The number of carbonyl (C=O) groups is 2. The maximum atomic E-state index is 12.5. The lowest BCUT2D eigenvalue weighted by molar-refractivity contribution is -0.135. The molecule has 0 aromatic carbocycles. The number of carbonyl (C=O) groups excluding carboxylic acids is 2. The topological polar surface area (TPSA) is 54.4 Å². The zero-order valence-electron chi connectivity index (χ0n) is 19.0. The van der Waals surface area contributed by atoms with Gasteiger partial charge < -0.3 is 5.11 Å². The van der Waals surface area contributed by atoms with Crippen molar-refractivity contribution in [1.29, 1.82) is 0 Å². The van der Waals surface area contributed by atoms with Crippen LogP contribution in [0.15, 0.2) is 58.4 Å². The first-order valence-corrected chi connectivity index (χ1v) is 11.2. The van der Waals surface area contributed by atoms with Gasteiger partial charge in [0.1, 0.15) is 5.78 Å². The third kappa shape index (κ3) is 2.85. The second-order valence-corrected chi connectivity index (χ2v) is 10.6. The number of rotatable bonds is 3. The van der Waals surface area contributed by atoms with Gasteiger partial charge in [0.2, 0.25) is 5.78 Å². The maximum Gasteiger partial charge on any atom is 0.219 e. The van der Waals surface area contributed by atoms with E-state index in [1.54, 1.807) is 0 Å². The number of hydrogen-bond donors (Lipinski definition) is 1. The Balaban J connectivity index is 1.75. The van der Waals surface area contributed by atoms with Crippen LogP contribution in [0.5, 0.6) is 0 Å². The number of fused-ring (bicyclic) bond motifs is 5. The number of ketones is 2. The predicted molar refractivity (Wildman–Crippen MR) is 120 cm³/mol. The van der Waals surface area contributed by atoms with Gasteiger partial charge in [-0.3, -0.25) is 9.59 Å². The molecule has 0 aromatic rings. The molecule has 0 spiro atoms. The summed E-state index contributed by atoms with van der Waals surface area (Å²) in [6.07, 6.45) is 10.1. The minimum absolute atomic E-state index is 0.102. The molecule has 4 aliphatic rings. The summed E-state index contributed by atoms with van der Waals surface area (Å²) < 4.78 is 0. The molecule has 0 amide bonds. The molecule has 0 aliphatic heterocycles. The average Bonchev–Trinajstić information content (AvgIpc) is 2.95. The van der Waals surface area contributed by atoms with Gasteiger partial charge in [0.05, 0.1) is 0 Å². The van der Waals surface area contributed by atoms with Gasteiger partial charge in [-0.25, -0.2) is 0 Å². The van der Waals surface area contributed by atoms with E-state index in [9.17, 15) is 14.7 Å². The summed E-state index contributed by atoms with van der Waals surface area (Å²) in [6.45, 7) is 14.4. The Hall–Kier alpha value is -2.16. The normalized spacial score (nSPS) is 38.7. The lowest BCUT2D eigenvalue weighted by atomic mass is 9.48. The molecular formula is C27H34O3. The highest BCUT2D eigenvalue weighted by molar-refractivity contribution is 6.02. The van der Waals surface area contributed by atoms with Crippen molar-refractivity contribution >= 4 is 11.6 Å². The Morgan fingerprint density at radius 1 is 1.27 bits per heavy atom. The minimum atomic E-state index is -0.433. The number of aliphatic hydroxyl groups excluding tert-OH is 1. The van der Waals surface area contributed by atoms with Crippen LogP contribution in [-0.2, 0) is 9.59 Å². The second-order valence-electron chi connectivity index (χ2n) is 10.6. The summed E-state index contributed by atoms with van der Waals surface area (Å²) in [7, 11) is 0. The van der Waals surface area contributed by atoms with Gasteiger partial charge in [-0.15, -0.1) is 0 Å². The van der Waals surface area contributed by atoms with Crippen molar-refractivity contribution in [2.45, 2.75) is 66.7 Å². The molecule has 0 bridgehead atoms. The Bertz CT molecular complexity index is 972. The van der Waals surface area contributed by atoms with Crippen molar-refractivity contribution in [2.75, 3.05) is 0 Å². The van der Waals surface area contributed by atoms with E-state index >= 15 is 0 Å². The molecule has 0 radical (unpaired) electrons. The molecule has 30 heavy (non-hydrogen) atoms. The summed E-state index contributed by atoms with van der Waals surface area (Å²) >= 11 is 0. The van der Waals surface area contributed by atoms with E-state index in [0.29, 0.717) is 23.2 Å². The van der Waals surface area contributed by atoms with Crippen molar-refractivity contribution in [3.63, 3.8) is 0 Å². The quantitative estimate of drug-likeness (QED) is 0.448. The Morgan fingerprint density at radius 3 is 2.63 bits per heavy atom. The van der Waals surface area contributed by atoms with Gasteiger partial charge in [0, 0.05) is 12.3 Å². The summed E-state index contributed by atoms with van der Waals surface area (Å²) in [5.41, 5.74) is 6.12. The molecule has 2 fully saturated rings. The van der Waals surface area contributed by atoms with Crippen LogP contribution in [0, 0.1) is 28.6 Å². The number of aliphatic hydroxyl groups is 1. The fourth-order valence-corrected chi connectivity index (χ4v) is 6.93. The maximum absolute atomic E-state index is 12.5. The van der Waals surface area contributed by atoms with Gasteiger partial charge in [-0.2, -0.15) is 0 Å². The van der Waals surface area contributed by atoms with Crippen molar-refractivity contribution in [3.05, 3.63) is 58.4 Å². The molecule has 3 heteroatoms. The largest absolute Gasteiger partial charge is 0.504 e. The fraction of sp³-hybridized carbons (Fsp3) is 0.556. The average molecular weight is 407 g/mol. The van der Waals surface area contributed by atoms with Crippen molar-refractivity contribution < 1.29 is 14.7 Å². The molecule has 0 aromatic heterocycles. The van der Waals surface area contributed by atoms with Crippen LogP contribution in [0.2, 0.25) is 0 Å². The van der Waals surface area contributed by atoms with Crippen LogP contribution in [0.1, 0.15) is 66.7 Å². The third-order valence-corrected chi connectivity index (χ3v) is 8.89. The number of allylic oxidation sites excluding steroid dienone is 8. The summed E-state index contributed by atoms with van der Waals surface area (Å²) in [4.78, 5) is 24.4. The molecule has 4 rings (SSSR count). The highest BCUT2D eigenvalue weighted by Crippen LogP contribution is 2.67. The first-order valence-electron chi connectivity index (χ1n) is 11.2. The highest BCUT2D eigenvalue weighted by Gasteiger charge is 2.59. The van der Waals surface area contributed by atoms with E-state index in [1.165, 1.54) is 16.7 Å². The van der Waals surface area contributed by atoms with Crippen LogP contribution >= 0.6 is 0 Å². The molecule has 5 unspecified atom stereocenters. The standard InChI is InChI=1S/C27H34O3/c1-7-22(28)25(30)16(3)18-8-9-20-19(13-18)17(4)24-21-12-15(2)23(29)14-26(21,5)10-11-27(20,24)6/h7-9,15,21,24,30H,1,10-14H2,2-6H3/b25-16+. The molecule has 0 saturated heterocycles. The summed E-state index contributed by atoms with van der Waals surface area (Å²) in [5, 5.41) is 10.3. The van der Waals surface area contributed by atoms with Crippen LogP contribution < -0.4 is 0 Å².